The molecule has 0 radical (unpaired) electrons. The third-order valence-electron chi connectivity index (χ3n) is 3.69. The van der Waals surface area contributed by atoms with Gasteiger partial charge < -0.3 is 9.64 Å². The van der Waals surface area contributed by atoms with E-state index in [0.29, 0.717) is 31.4 Å². The minimum Gasteiger partial charge on any atom is -0.383 e. The Labute approximate surface area is 154 Å². The number of aromatic nitrogens is 1. The zero-order chi connectivity index (χ0) is 18.1. The second kappa shape index (κ2) is 10.2. The van der Waals surface area contributed by atoms with Gasteiger partial charge in [0.05, 0.1) is 13.0 Å². The lowest BCUT2D eigenvalue weighted by Gasteiger charge is -2.22. The van der Waals surface area contributed by atoms with E-state index in [1.54, 1.807) is 19.5 Å². The Morgan fingerprint density at radius 3 is 2.40 bits per heavy atom. The summed E-state index contributed by atoms with van der Waals surface area (Å²) in [7, 11) is 1.65. The smallest absolute Gasteiger partial charge is 0.227 e. The highest BCUT2D eigenvalue weighted by atomic mass is 32.2. The Hall–Kier alpha value is -1.85. The van der Waals surface area contributed by atoms with E-state index in [4.69, 9.17) is 4.74 Å². The molecular weight excluding hydrogens is 332 g/mol. The molecule has 1 aromatic heterocycles. The van der Waals surface area contributed by atoms with Crippen molar-refractivity contribution in [2.45, 2.75) is 37.0 Å². The number of pyridine rings is 1. The van der Waals surface area contributed by atoms with Gasteiger partial charge in [0, 0.05) is 42.7 Å². The van der Waals surface area contributed by atoms with Crippen LogP contribution in [0.5, 0.6) is 0 Å². The van der Waals surface area contributed by atoms with Crippen LogP contribution in [0.15, 0.2) is 53.7 Å². The summed E-state index contributed by atoms with van der Waals surface area (Å²) < 4.78 is 5.15. The number of hydrogen-bond acceptors (Lipinski definition) is 4. The SMILES string of the molecule is COCCN(Cc1ccncc1)C(=O)Cc1ccc(SC(C)C)cc1. The standard InChI is InChI=1S/C20H26N2O2S/c1-16(2)25-19-6-4-17(5-7-19)14-20(23)22(12-13-24-3)15-18-8-10-21-11-9-18/h4-11,16H,12-15H2,1-3H3. The fraction of sp³-hybridized carbons (Fsp3) is 0.400. The van der Waals surface area contributed by atoms with E-state index < -0.39 is 0 Å². The van der Waals surface area contributed by atoms with Gasteiger partial charge >= 0.3 is 0 Å². The molecule has 2 aromatic rings. The van der Waals surface area contributed by atoms with E-state index in [2.05, 4.69) is 31.0 Å². The molecule has 0 saturated carbocycles. The lowest BCUT2D eigenvalue weighted by atomic mass is 10.1. The molecule has 0 unspecified atom stereocenters. The van der Waals surface area contributed by atoms with Crippen LogP contribution in [-0.2, 0) is 22.5 Å². The molecule has 0 aliphatic carbocycles. The van der Waals surface area contributed by atoms with Crippen molar-refractivity contribution in [2.24, 2.45) is 0 Å². The van der Waals surface area contributed by atoms with Crippen LogP contribution in [-0.4, -0.2) is 41.3 Å². The van der Waals surface area contributed by atoms with Gasteiger partial charge in [-0.15, -0.1) is 11.8 Å². The molecule has 0 atom stereocenters. The van der Waals surface area contributed by atoms with Crippen LogP contribution >= 0.6 is 11.8 Å². The molecule has 1 aromatic carbocycles. The Kier molecular flexibility index (Phi) is 7.95. The Bertz CT molecular complexity index is 645. The fourth-order valence-corrected chi connectivity index (χ4v) is 3.28. The first-order valence-electron chi connectivity index (χ1n) is 8.49. The lowest BCUT2D eigenvalue weighted by Crippen LogP contribution is -2.34. The van der Waals surface area contributed by atoms with Crippen molar-refractivity contribution in [2.75, 3.05) is 20.3 Å². The molecule has 0 aliphatic heterocycles. The molecule has 0 N–H and O–H groups in total. The maximum absolute atomic E-state index is 12.7. The van der Waals surface area contributed by atoms with Gasteiger partial charge in [-0.05, 0) is 35.4 Å². The van der Waals surface area contributed by atoms with Crippen LogP contribution < -0.4 is 0 Å². The molecule has 134 valence electrons. The zero-order valence-corrected chi connectivity index (χ0v) is 16.0. The van der Waals surface area contributed by atoms with Gasteiger partial charge in [0.25, 0.3) is 0 Å². The highest BCUT2D eigenvalue weighted by Gasteiger charge is 2.14. The van der Waals surface area contributed by atoms with E-state index in [0.717, 1.165) is 11.1 Å². The van der Waals surface area contributed by atoms with Gasteiger partial charge in [-0.1, -0.05) is 26.0 Å². The fourth-order valence-electron chi connectivity index (χ4n) is 2.45. The second-order valence-electron chi connectivity index (χ2n) is 6.15. The molecule has 0 aliphatic rings. The minimum atomic E-state index is 0.109. The number of carbonyl (C=O) groups is 1. The van der Waals surface area contributed by atoms with Crippen LogP contribution in [0.1, 0.15) is 25.0 Å². The molecule has 5 heteroatoms. The molecule has 1 heterocycles. The number of ether oxygens (including phenoxy) is 1. The monoisotopic (exact) mass is 358 g/mol. The average molecular weight is 359 g/mol. The quantitative estimate of drug-likeness (QED) is 0.640. The van der Waals surface area contributed by atoms with Crippen LogP contribution in [0, 0.1) is 0 Å². The summed E-state index contributed by atoms with van der Waals surface area (Å²) in [5.41, 5.74) is 2.11. The summed E-state index contributed by atoms with van der Waals surface area (Å²) in [6.07, 6.45) is 3.90. The average Bonchev–Trinajstić information content (AvgIpc) is 2.60. The van der Waals surface area contributed by atoms with Gasteiger partial charge in [0.1, 0.15) is 0 Å². The normalized spacial score (nSPS) is 10.9. The van der Waals surface area contributed by atoms with Crippen molar-refractivity contribution in [1.29, 1.82) is 0 Å². The second-order valence-corrected chi connectivity index (χ2v) is 7.80. The first-order valence-corrected chi connectivity index (χ1v) is 9.37. The first kappa shape index (κ1) is 19.5. The van der Waals surface area contributed by atoms with Crippen molar-refractivity contribution in [3.63, 3.8) is 0 Å². The molecule has 2 rings (SSSR count). The predicted molar refractivity (Wildman–Crippen MR) is 103 cm³/mol. The van der Waals surface area contributed by atoms with Crippen molar-refractivity contribution in [3.05, 3.63) is 59.9 Å². The Balaban J connectivity index is 2.00. The molecule has 4 nitrogen and oxygen atoms in total. The van der Waals surface area contributed by atoms with Crippen LogP contribution in [0.3, 0.4) is 0 Å². The summed E-state index contributed by atoms with van der Waals surface area (Å²) in [4.78, 5) is 19.8. The predicted octanol–water partition coefficient (Wildman–Crippen LogP) is 3.80. The highest BCUT2D eigenvalue weighted by molar-refractivity contribution is 7.99. The zero-order valence-electron chi connectivity index (χ0n) is 15.1. The minimum absolute atomic E-state index is 0.109. The highest BCUT2D eigenvalue weighted by Crippen LogP contribution is 2.23. The van der Waals surface area contributed by atoms with Crippen LogP contribution in [0.25, 0.3) is 0 Å². The van der Waals surface area contributed by atoms with E-state index in [9.17, 15) is 4.79 Å². The summed E-state index contributed by atoms with van der Waals surface area (Å²) >= 11 is 1.83. The van der Waals surface area contributed by atoms with Crippen molar-refractivity contribution in [1.82, 2.24) is 9.88 Å². The maximum Gasteiger partial charge on any atom is 0.227 e. The van der Waals surface area contributed by atoms with E-state index in [1.807, 2.05) is 40.9 Å². The van der Waals surface area contributed by atoms with Gasteiger partial charge in [-0.25, -0.2) is 0 Å². The number of nitrogens with zero attached hydrogens (tertiary/aromatic N) is 2. The summed E-state index contributed by atoms with van der Waals surface area (Å²) in [6, 6.07) is 12.1. The van der Waals surface area contributed by atoms with E-state index >= 15 is 0 Å². The molecule has 0 bridgehead atoms. The van der Waals surface area contributed by atoms with Crippen molar-refractivity contribution >= 4 is 17.7 Å². The summed E-state index contributed by atoms with van der Waals surface area (Å²) in [5.74, 6) is 0.109. The molecule has 1 amide bonds. The molecule has 25 heavy (non-hydrogen) atoms. The third-order valence-corrected chi connectivity index (χ3v) is 4.71. The number of amides is 1. The van der Waals surface area contributed by atoms with Gasteiger partial charge in [0.15, 0.2) is 0 Å². The van der Waals surface area contributed by atoms with Crippen LogP contribution in [0.2, 0.25) is 0 Å². The molecular formula is C20H26N2O2S. The first-order chi connectivity index (χ1) is 12.1. The Morgan fingerprint density at radius 2 is 1.80 bits per heavy atom. The number of methoxy groups -OCH3 is 1. The summed E-state index contributed by atoms with van der Waals surface area (Å²) in [5, 5.41) is 0.553. The van der Waals surface area contributed by atoms with Crippen molar-refractivity contribution in [3.8, 4) is 0 Å². The molecule has 0 fully saturated rings. The van der Waals surface area contributed by atoms with Gasteiger partial charge in [-0.2, -0.15) is 0 Å². The van der Waals surface area contributed by atoms with E-state index in [-0.39, 0.29) is 5.91 Å². The molecule has 0 saturated heterocycles. The Morgan fingerprint density at radius 1 is 1.12 bits per heavy atom. The number of hydrogen-bond donors (Lipinski definition) is 0. The summed E-state index contributed by atoms with van der Waals surface area (Å²) in [6.45, 7) is 6.04. The molecule has 0 spiro atoms. The number of rotatable bonds is 9. The number of thioether (sulfide) groups is 1. The topological polar surface area (TPSA) is 42.4 Å². The maximum atomic E-state index is 12.7. The number of benzene rings is 1. The van der Waals surface area contributed by atoms with Gasteiger partial charge in [-0.3, -0.25) is 9.78 Å². The van der Waals surface area contributed by atoms with Crippen molar-refractivity contribution < 1.29 is 9.53 Å². The largest absolute Gasteiger partial charge is 0.383 e. The third kappa shape index (κ3) is 6.88. The van der Waals surface area contributed by atoms with Crippen LogP contribution in [0.4, 0.5) is 0 Å². The van der Waals surface area contributed by atoms with E-state index in [1.165, 1.54) is 4.90 Å². The van der Waals surface area contributed by atoms with Gasteiger partial charge in [0.2, 0.25) is 5.91 Å². The lowest BCUT2D eigenvalue weighted by molar-refractivity contribution is -0.131. The number of carbonyl (C=O) groups excluding carboxylic acids is 1.